The van der Waals surface area contributed by atoms with E-state index in [1.807, 2.05) is 0 Å². The van der Waals surface area contributed by atoms with E-state index in [1.165, 1.54) is 24.3 Å². The minimum atomic E-state index is -2.85. The fourth-order valence-corrected chi connectivity index (χ4v) is 5.53. The van der Waals surface area contributed by atoms with Gasteiger partial charge in [0.2, 0.25) is 0 Å². The van der Waals surface area contributed by atoms with Crippen molar-refractivity contribution in [2.24, 2.45) is 5.92 Å². The maximum Gasteiger partial charge on any atom is 0.164 e. The Morgan fingerprint density at radius 3 is 2.61 bits per heavy atom. The van der Waals surface area contributed by atoms with Crippen molar-refractivity contribution in [3.63, 3.8) is 0 Å². The number of rotatable bonds is 5. The molecule has 2 heterocycles. The molecule has 0 radical (unpaired) electrons. The molecule has 2 atom stereocenters. The molecule has 0 N–H and O–H groups in total. The van der Waals surface area contributed by atoms with Crippen LogP contribution in [0.4, 0.5) is 4.39 Å². The van der Waals surface area contributed by atoms with Crippen LogP contribution in [0.5, 0.6) is 0 Å². The molecule has 1 aromatic carbocycles. The van der Waals surface area contributed by atoms with Gasteiger partial charge in [0, 0.05) is 24.6 Å². The fraction of sp³-hybridized carbons (Fsp3) is 0.588. The monoisotopic (exact) mass is 339 g/mol. The molecular formula is C17H22FNO3S. The van der Waals surface area contributed by atoms with Gasteiger partial charge >= 0.3 is 0 Å². The molecule has 3 rings (SSSR count). The maximum atomic E-state index is 12.9. The van der Waals surface area contributed by atoms with Crippen LogP contribution in [-0.2, 0) is 9.84 Å². The van der Waals surface area contributed by atoms with E-state index in [9.17, 15) is 17.6 Å². The third-order valence-corrected chi connectivity index (χ3v) is 6.74. The molecule has 2 saturated heterocycles. The van der Waals surface area contributed by atoms with Crippen LogP contribution in [0.3, 0.4) is 0 Å². The Bertz CT molecular complexity index is 672. The number of ketones is 1. The smallest absolute Gasteiger partial charge is 0.164 e. The van der Waals surface area contributed by atoms with Gasteiger partial charge < -0.3 is 0 Å². The molecule has 0 spiro atoms. The first-order valence-electron chi connectivity index (χ1n) is 8.16. The van der Waals surface area contributed by atoms with Crippen LogP contribution in [0.15, 0.2) is 24.3 Å². The number of carbonyl (C=O) groups is 1. The molecule has 23 heavy (non-hydrogen) atoms. The van der Waals surface area contributed by atoms with E-state index < -0.39 is 9.84 Å². The Hall–Kier alpha value is -1.27. The van der Waals surface area contributed by atoms with E-state index in [-0.39, 0.29) is 29.3 Å². The van der Waals surface area contributed by atoms with E-state index >= 15 is 0 Å². The molecule has 126 valence electrons. The number of hydrogen-bond acceptors (Lipinski definition) is 4. The number of nitrogens with zero attached hydrogens (tertiary/aromatic N) is 1. The van der Waals surface area contributed by atoms with Crippen molar-refractivity contribution in [2.75, 3.05) is 24.6 Å². The molecule has 1 aromatic rings. The zero-order valence-electron chi connectivity index (χ0n) is 13.1. The number of Topliss-reactive ketones (excluding diaryl/α,β-unsaturated/α-hetero) is 1. The second-order valence-electron chi connectivity index (χ2n) is 6.69. The molecule has 2 aliphatic rings. The van der Waals surface area contributed by atoms with Gasteiger partial charge in [-0.1, -0.05) is 0 Å². The Morgan fingerprint density at radius 1 is 1.22 bits per heavy atom. The largest absolute Gasteiger partial charge is 0.300 e. The molecule has 0 unspecified atom stereocenters. The minimum absolute atomic E-state index is 0.0287. The zero-order valence-corrected chi connectivity index (χ0v) is 13.9. The first-order chi connectivity index (χ1) is 10.9. The van der Waals surface area contributed by atoms with E-state index in [0.29, 0.717) is 17.7 Å². The lowest BCUT2D eigenvalue weighted by Crippen LogP contribution is -2.35. The van der Waals surface area contributed by atoms with Gasteiger partial charge in [0.05, 0.1) is 11.5 Å². The van der Waals surface area contributed by atoms with E-state index in [4.69, 9.17) is 0 Å². The Labute approximate surface area is 136 Å². The van der Waals surface area contributed by atoms with Crippen LogP contribution in [-0.4, -0.2) is 49.7 Å². The average molecular weight is 339 g/mol. The highest BCUT2D eigenvalue weighted by molar-refractivity contribution is 7.91. The summed E-state index contributed by atoms with van der Waals surface area (Å²) in [5.41, 5.74) is 0.543. The molecule has 0 saturated carbocycles. The minimum Gasteiger partial charge on any atom is -0.300 e. The average Bonchev–Trinajstić information content (AvgIpc) is 3.06. The zero-order chi connectivity index (χ0) is 16.4. The molecule has 2 aliphatic heterocycles. The number of sulfone groups is 1. The fourth-order valence-electron chi connectivity index (χ4n) is 3.68. The van der Waals surface area contributed by atoms with Crippen LogP contribution in [0.1, 0.15) is 36.0 Å². The Balaban J connectivity index is 1.58. The number of likely N-dealkylation sites (tertiary alicyclic amines) is 1. The SMILES string of the molecule is O=C(C[C@H]1CCCN1C[C@@H]1CCS(=O)(=O)C1)c1ccc(F)cc1. The lowest BCUT2D eigenvalue weighted by atomic mass is 10.0. The number of carbonyl (C=O) groups excluding carboxylic acids is 1. The van der Waals surface area contributed by atoms with Crippen LogP contribution in [0.25, 0.3) is 0 Å². The summed E-state index contributed by atoms with van der Waals surface area (Å²) in [6.07, 6.45) is 3.16. The summed E-state index contributed by atoms with van der Waals surface area (Å²) in [6, 6.07) is 5.85. The lowest BCUT2D eigenvalue weighted by molar-refractivity contribution is 0.0935. The van der Waals surface area contributed by atoms with E-state index in [0.717, 1.165) is 32.4 Å². The van der Waals surface area contributed by atoms with Crippen molar-refractivity contribution in [2.45, 2.75) is 31.7 Å². The summed E-state index contributed by atoms with van der Waals surface area (Å²) >= 11 is 0. The molecule has 0 bridgehead atoms. The first kappa shape index (κ1) is 16.6. The summed E-state index contributed by atoms with van der Waals surface area (Å²) in [5.74, 6) is 0.459. The van der Waals surface area contributed by atoms with Crippen molar-refractivity contribution in [1.82, 2.24) is 4.90 Å². The quantitative estimate of drug-likeness (QED) is 0.773. The predicted octanol–water partition coefficient (Wildman–Crippen LogP) is 2.30. The summed E-state index contributed by atoms with van der Waals surface area (Å²) in [4.78, 5) is 14.6. The van der Waals surface area contributed by atoms with Gasteiger partial charge in [-0.05, 0) is 56.0 Å². The van der Waals surface area contributed by atoms with Gasteiger partial charge in [0.1, 0.15) is 5.82 Å². The first-order valence-corrected chi connectivity index (χ1v) is 9.98. The highest BCUT2D eigenvalue weighted by Crippen LogP contribution is 2.26. The molecule has 2 fully saturated rings. The molecule has 0 aliphatic carbocycles. The van der Waals surface area contributed by atoms with Gasteiger partial charge in [-0.25, -0.2) is 12.8 Å². The Morgan fingerprint density at radius 2 is 1.96 bits per heavy atom. The van der Waals surface area contributed by atoms with Crippen LogP contribution >= 0.6 is 0 Å². The summed E-state index contributed by atoms with van der Waals surface area (Å²) < 4.78 is 36.1. The van der Waals surface area contributed by atoms with Gasteiger partial charge in [-0.2, -0.15) is 0 Å². The normalized spacial score (nSPS) is 27.3. The summed E-state index contributed by atoms with van der Waals surface area (Å²) in [6.45, 7) is 1.69. The second-order valence-corrected chi connectivity index (χ2v) is 8.92. The lowest BCUT2D eigenvalue weighted by Gasteiger charge is -2.26. The third kappa shape index (κ3) is 4.18. The van der Waals surface area contributed by atoms with E-state index in [1.54, 1.807) is 0 Å². The van der Waals surface area contributed by atoms with Gasteiger partial charge in [-0.15, -0.1) is 0 Å². The molecule has 6 heteroatoms. The van der Waals surface area contributed by atoms with Crippen molar-refractivity contribution in [1.29, 1.82) is 0 Å². The van der Waals surface area contributed by atoms with Crippen molar-refractivity contribution in [3.8, 4) is 0 Å². The van der Waals surface area contributed by atoms with Gasteiger partial charge in [0.15, 0.2) is 15.6 Å². The van der Waals surface area contributed by atoms with Crippen LogP contribution in [0.2, 0.25) is 0 Å². The molecule has 0 amide bonds. The van der Waals surface area contributed by atoms with Crippen molar-refractivity contribution in [3.05, 3.63) is 35.6 Å². The molecular weight excluding hydrogens is 317 g/mol. The number of benzene rings is 1. The van der Waals surface area contributed by atoms with Crippen molar-refractivity contribution < 1.29 is 17.6 Å². The third-order valence-electron chi connectivity index (χ3n) is 4.91. The van der Waals surface area contributed by atoms with Crippen LogP contribution in [0, 0.1) is 11.7 Å². The van der Waals surface area contributed by atoms with E-state index in [2.05, 4.69) is 4.90 Å². The summed E-state index contributed by atoms with van der Waals surface area (Å²) in [5, 5.41) is 0. The van der Waals surface area contributed by atoms with Crippen molar-refractivity contribution >= 4 is 15.6 Å². The van der Waals surface area contributed by atoms with Gasteiger partial charge in [-0.3, -0.25) is 9.69 Å². The van der Waals surface area contributed by atoms with Gasteiger partial charge in [0.25, 0.3) is 0 Å². The second kappa shape index (κ2) is 6.69. The number of halogens is 1. The highest BCUT2D eigenvalue weighted by Gasteiger charge is 2.33. The predicted molar refractivity (Wildman–Crippen MR) is 86.7 cm³/mol. The van der Waals surface area contributed by atoms with Crippen LogP contribution < -0.4 is 0 Å². The molecule has 0 aromatic heterocycles. The standard InChI is InChI=1S/C17H22FNO3S/c18-15-5-3-14(4-6-15)17(20)10-16-2-1-8-19(16)11-13-7-9-23(21,22)12-13/h3-6,13,16H,1-2,7-12H2/t13-,16+/m0/s1. The highest BCUT2D eigenvalue weighted by atomic mass is 32.2. The topological polar surface area (TPSA) is 54.5 Å². The maximum absolute atomic E-state index is 12.9. The molecule has 4 nitrogen and oxygen atoms in total. The summed E-state index contributed by atoms with van der Waals surface area (Å²) in [7, 11) is -2.85. The Kier molecular flexibility index (Phi) is 4.82. The number of hydrogen-bond donors (Lipinski definition) is 0.